The molecule has 1 atom stereocenters. The summed E-state index contributed by atoms with van der Waals surface area (Å²) in [7, 11) is 0. The lowest BCUT2D eigenvalue weighted by Crippen LogP contribution is -2.14. The number of aliphatic hydroxyl groups excluding tert-OH is 1. The Morgan fingerprint density at radius 1 is 0.909 bits per heavy atom. The predicted octanol–water partition coefficient (Wildman–Crippen LogP) is 3.04. The van der Waals surface area contributed by atoms with Crippen molar-refractivity contribution in [3.63, 3.8) is 0 Å². The lowest BCUT2D eigenvalue weighted by atomic mass is 10.2. The van der Waals surface area contributed by atoms with Crippen LogP contribution in [0.1, 0.15) is 12.0 Å². The Bertz CT molecular complexity index is 584. The Kier molecular flexibility index (Phi) is 7.04. The average molecular weight is 296 g/mol. The van der Waals surface area contributed by atoms with Crippen LogP contribution in [0.5, 0.6) is 5.75 Å². The highest BCUT2D eigenvalue weighted by Gasteiger charge is 2.02. The standard InChI is InChI=1S/C19H20O3/c20-18(16-21-15-17-9-3-1-4-10-17)11-7-8-14-22-19-12-5-2-6-13-19/h1-6,9-10,12-13,18,20H,11,14-16H2/t18-/m1/s1. The van der Waals surface area contributed by atoms with Crippen LogP contribution in [-0.2, 0) is 11.3 Å². The molecule has 0 aliphatic rings. The molecule has 0 spiro atoms. The van der Waals surface area contributed by atoms with E-state index in [1.807, 2.05) is 60.7 Å². The van der Waals surface area contributed by atoms with Crippen LogP contribution in [-0.4, -0.2) is 24.4 Å². The number of hydrogen-bond acceptors (Lipinski definition) is 3. The van der Waals surface area contributed by atoms with Crippen molar-refractivity contribution in [2.75, 3.05) is 13.2 Å². The first kappa shape index (κ1) is 16.1. The van der Waals surface area contributed by atoms with Crippen LogP contribution in [0, 0.1) is 11.8 Å². The summed E-state index contributed by atoms with van der Waals surface area (Å²) in [4.78, 5) is 0. The van der Waals surface area contributed by atoms with E-state index < -0.39 is 6.10 Å². The molecule has 0 aromatic heterocycles. The summed E-state index contributed by atoms with van der Waals surface area (Å²) in [6.07, 6.45) is -0.194. The highest BCUT2D eigenvalue weighted by Crippen LogP contribution is 2.07. The molecule has 3 heteroatoms. The summed E-state index contributed by atoms with van der Waals surface area (Å²) in [5.41, 5.74) is 1.09. The fraction of sp³-hybridized carbons (Fsp3) is 0.263. The lowest BCUT2D eigenvalue weighted by molar-refractivity contribution is 0.0311. The second-order valence-electron chi connectivity index (χ2n) is 4.81. The Morgan fingerprint density at radius 2 is 1.59 bits per heavy atom. The molecule has 22 heavy (non-hydrogen) atoms. The van der Waals surface area contributed by atoms with Crippen molar-refractivity contribution in [2.24, 2.45) is 0 Å². The zero-order chi connectivity index (χ0) is 15.5. The second-order valence-corrected chi connectivity index (χ2v) is 4.81. The van der Waals surface area contributed by atoms with Gasteiger partial charge in [-0.15, -0.1) is 0 Å². The molecule has 114 valence electrons. The van der Waals surface area contributed by atoms with Crippen molar-refractivity contribution in [2.45, 2.75) is 19.1 Å². The van der Waals surface area contributed by atoms with Gasteiger partial charge in [-0.25, -0.2) is 0 Å². The Morgan fingerprint density at radius 3 is 2.32 bits per heavy atom. The minimum atomic E-state index is -0.576. The van der Waals surface area contributed by atoms with Gasteiger partial charge in [0.15, 0.2) is 0 Å². The molecular formula is C19H20O3. The summed E-state index contributed by atoms with van der Waals surface area (Å²) in [5, 5.41) is 9.78. The first-order valence-electron chi connectivity index (χ1n) is 7.28. The zero-order valence-electron chi connectivity index (χ0n) is 12.4. The van der Waals surface area contributed by atoms with E-state index in [-0.39, 0.29) is 6.61 Å². The van der Waals surface area contributed by atoms with Crippen molar-refractivity contribution in [3.05, 3.63) is 66.2 Å². The Labute approximate surface area is 131 Å². The summed E-state index contributed by atoms with van der Waals surface area (Å²) >= 11 is 0. The van der Waals surface area contributed by atoms with Crippen molar-refractivity contribution in [1.29, 1.82) is 0 Å². The first-order valence-corrected chi connectivity index (χ1v) is 7.28. The molecular weight excluding hydrogens is 276 g/mol. The van der Waals surface area contributed by atoms with Gasteiger partial charge in [0, 0.05) is 6.42 Å². The van der Waals surface area contributed by atoms with Crippen molar-refractivity contribution >= 4 is 0 Å². The normalized spacial score (nSPS) is 11.3. The molecule has 0 amide bonds. The first-order chi connectivity index (χ1) is 10.8. The van der Waals surface area contributed by atoms with Crippen LogP contribution >= 0.6 is 0 Å². The molecule has 0 unspecified atom stereocenters. The lowest BCUT2D eigenvalue weighted by Gasteiger charge is -2.08. The van der Waals surface area contributed by atoms with E-state index in [9.17, 15) is 5.11 Å². The van der Waals surface area contributed by atoms with Crippen LogP contribution in [0.2, 0.25) is 0 Å². The second kappa shape index (κ2) is 9.62. The highest BCUT2D eigenvalue weighted by atomic mass is 16.5. The van der Waals surface area contributed by atoms with Gasteiger partial charge in [-0.2, -0.15) is 0 Å². The number of aliphatic hydroxyl groups is 1. The van der Waals surface area contributed by atoms with E-state index in [1.54, 1.807) is 0 Å². The quantitative estimate of drug-likeness (QED) is 0.798. The van der Waals surface area contributed by atoms with Crippen molar-refractivity contribution in [1.82, 2.24) is 0 Å². The smallest absolute Gasteiger partial charge is 0.149 e. The maximum atomic E-state index is 9.78. The SMILES string of the molecule is O[C@H](CC#CCOc1ccccc1)COCc1ccccc1. The van der Waals surface area contributed by atoms with Gasteiger partial charge in [0.1, 0.15) is 12.4 Å². The molecule has 0 saturated carbocycles. The van der Waals surface area contributed by atoms with Crippen LogP contribution in [0.25, 0.3) is 0 Å². The van der Waals surface area contributed by atoms with Gasteiger partial charge in [0.05, 0.1) is 19.3 Å². The van der Waals surface area contributed by atoms with E-state index in [1.165, 1.54) is 0 Å². The summed E-state index contributed by atoms with van der Waals surface area (Å²) in [6, 6.07) is 19.4. The summed E-state index contributed by atoms with van der Waals surface area (Å²) < 4.78 is 10.9. The maximum Gasteiger partial charge on any atom is 0.149 e. The van der Waals surface area contributed by atoms with Crippen molar-refractivity contribution < 1.29 is 14.6 Å². The van der Waals surface area contributed by atoms with Gasteiger partial charge in [0.25, 0.3) is 0 Å². The van der Waals surface area contributed by atoms with Gasteiger partial charge < -0.3 is 14.6 Å². The summed E-state index contributed by atoms with van der Waals surface area (Å²) in [5.74, 6) is 6.58. The van der Waals surface area contributed by atoms with Gasteiger partial charge in [-0.1, -0.05) is 60.4 Å². The number of benzene rings is 2. The molecule has 0 saturated heterocycles. The number of ether oxygens (including phenoxy) is 2. The molecule has 0 aliphatic heterocycles. The molecule has 2 aromatic carbocycles. The predicted molar refractivity (Wildman–Crippen MR) is 86.4 cm³/mol. The third kappa shape index (κ3) is 6.45. The number of para-hydroxylation sites is 1. The number of rotatable bonds is 7. The molecule has 0 bridgehead atoms. The van der Waals surface area contributed by atoms with Crippen LogP contribution in [0.4, 0.5) is 0 Å². The largest absolute Gasteiger partial charge is 0.481 e. The van der Waals surface area contributed by atoms with Crippen LogP contribution < -0.4 is 4.74 Å². The van der Waals surface area contributed by atoms with E-state index >= 15 is 0 Å². The van der Waals surface area contributed by atoms with Crippen LogP contribution in [0.15, 0.2) is 60.7 Å². The molecule has 2 aromatic rings. The molecule has 0 heterocycles. The van der Waals surface area contributed by atoms with E-state index in [2.05, 4.69) is 11.8 Å². The van der Waals surface area contributed by atoms with E-state index in [0.717, 1.165) is 11.3 Å². The third-order valence-corrected chi connectivity index (χ3v) is 2.94. The molecule has 2 rings (SSSR count). The monoisotopic (exact) mass is 296 g/mol. The third-order valence-electron chi connectivity index (χ3n) is 2.94. The van der Waals surface area contributed by atoms with Crippen molar-refractivity contribution in [3.8, 4) is 17.6 Å². The topological polar surface area (TPSA) is 38.7 Å². The van der Waals surface area contributed by atoms with Crippen LogP contribution in [0.3, 0.4) is 0 Å². The van der Waals surface area contributed by atoms with E-state index in [0.29, 0.717) is 19.6 Å². The zero-order valence-corrected chi connectivity index (χ0v) is 12.4. The average Bonchev–Trinajstić information content (AvgIpc) is 2.56. The minimum Gasteiger partial charge on any atom is -0.481 e. The van der Waals surface area contributed by atoms with Gasteiger partial charge in [-0.3, -0.25) is 0 Å². The molecule has 0 fully saturated rings. The highest BCUT2D eigenvalue weighted by molar-refractivity contribution is 5.21. The minimum absolute atomic E-state index is 0.281. The maximum absolute atomic E-state index is 9.78. The molecule has 0 aliphatic carbocycles. The molecule has 0 radical (unpaired) electrons. The molecule has 1 N–H and O–H groups in total. The van der Waals surface area contributed by atoms with Gasteiger partial charge in [0.2, 0.25) is 0 Å². The fourth-order valence-corrected chi connectivity index (χ4v) is 1.82. The fourth-order valence-electron chi connectivity index (χ4n) is 1.82. The summed E-state index contributed by atoms with van der Waals surface area (Å²) in [6.45, 7) is 1.10. The van der Waals surface area contributed by atoms with E-state index in [4.69, 9.17) is 9.47 Å². The Hall–Kier alpha value is -2.28. The van der Waals surface area contributed by atoms with Gasteiger partial charge in [-0.05, 0) is 17.7 Å². The molecule has 3 nitrogen and oxygen atoms in total. The van der Waals surface area contributed by atoms with Gasteiger partial charge >= 0.3 is 0 Å². The Balaban J connectivity index is 1.58. The number of hydrogen-bond donors (Lipinski definition) is 1.